The van der Waals surface area contributed by atoms with E-state index in [-0.39, 0.29) is 11.2 Å². The van der Waals surface area contributed by atoms with E-state index >= 15 is 0 Å². The van der Waals surface area contributed by atoms with Gasteiger partial charge in [-0.1, -0.05) is 15.9 Å². The second kappa shape index (κ2) is 5.43. The summed E-state index contributed by atoms with van der Waals surface area (Å²) in [6.45, 7) is 2.99. The first kappa shape index (κ1) is 16.1. The topological polar surface area (TPSA) is 38.8 Å². The molecule has 134 valence electrons. The number of piperidine rings is 1. The normalized spacial score (nSPS) is 46.0. The van der Waals surface area contributed by atoms with E-state index in [0.717, 1.165) is 44.2 Å². The Hall–Kier alpha value is -0.130. The van der Waals surface area contributed by atoms with Gasteiger partial charge in [0.15, 0.2) is 5.79 Å². The number of rotatable bonds is 2. The van der Waals surface area contributed by atoms with E-state index in [0.29, 0.717) is 23.4 Å². The maximum absolute atomic E-state index is 13.0. The van der Waals surface area contributed by atoms with Crippen LogP contribution < -0.4 is 0 Å². The molecule has 2 atom stereocenters. The van der Waals surface area contributed by atoms with E-state index in [1.165, 1.54) is 38.5 Å². The number of hydrogen-bond donors (Lipinski definition) is 0. The number of hydrogen-bond acceptors (Lipinski definition) is 3. The SMILES string of the molecule is O=C(CC12CC3CC(CC(Br)(C3)C1)C2)N1CCC2(CC1)OCCO2. The standard InChI is InChI=1S/C19H28BrNO3/c20-18-10-14-7-15(11-18)9-17(8-14,13-18)12-16(22)21-3-1-19(2-4-21)23-5-6-24-19/h14-15H,1-13H2. The largest absolute Gasteiger partial charge is 0.347 e. The maximum atomic E-state index is 13.0. The Morgan fingerprint density at radius 2 is 1.67 bits per heavy atom. The van der Waals surface area contributed by atoms with Crippen LogP contribution in [0.25, 0.3) is 0 Å². The van der Waals surface area contributed by atoms with Crippen LogP contribution in [0.5, 0.6) is 0 Å². The van der Waals surface area contributed by atoms with Gasteiger partial charge in [0.2, 0.25) is 5.91 Å². The average molecular weight is 398 g/mol. The van der Waals surface area contributed by atoms with E-state index < -0.39 is 0 Å². The minimum atomic E-state index is -0.378. The van der Waals surface area contributed by atoms with Crippen molar-refractivity contribution < 1.29 is 14.3 Å². The van der Waals surface area contributed by atoms with E-state index in [1.54, 1.807) is 0 Å². The van der Waals surface area contributed by atoms with Crippen LogP contribution in [0.3, 0.4) is 0 Å². The molecule has 1 amide bonds. The minimum absolute atomic E-state index is 0.278. The van der Waals surface area contributed by atoms with Gasteiger partial charge in [-0.05, 0) is 55.8 Å². The lowest BCUT2D eigenvalue weighted by atomic mass is 9.48. The van der Waals surface area contributed by atoms with Crippen molar-refractivity contribution in [3.63, 3.8) is 0 Å². The van der Waals surface area contributed by atoms with Crippen LogP contribution in [0.1, 0.15) is 57.8 Å². The van der Waals surface area contributed by atoms with Crippen molar-refractivity contribution in [2.24, 2.45) is 17.3 Å². The number of carbonyl (C=O) groups is 1. The molecule has 5 heteroatoms. The molecule has 4 aliphatic carbocycles. The summed E-state index contributed by atoms with van der Waals surface area (Å²) >= 11 is 4.06. The van der Waals surface area contributed by atoms with Crippen molar-refractivity contribution in [2.45, 2.75) is 67.9 Å². The number of halogens is 1. The molecule has 0 radical (unpaired) electrons. The van der Waals surface area contributed by atoms with Gasteiger partial charge in [-0.3, -0.25) is 4.79 Å². The molecular formula is C19H28BrNO3. The maximum Gasteiger partial charge on any atom is 0.223 e. The van der Waals surface area contributed by atoms with Gasteiger partial charge in [-0.15, -0.1) is 0 Å². The first-order valence-electron chi connectivity index (χ1n) is 9.72. The Kier molecular flexibility index (Phi) is 3.64. The fourth-order valence-electron chi connectivity index (χ4n) is 6.86. The Bertz CT molecular complexity index is 521. The molecule has 6 rings (SSSR count). The summed E-state index contributed by atoms with van der Waals surface area (Å²) in [5.41, 5.74) is 0.278. The van der Waals surface area contributed by atoms with Gasteiger partial charge in [0.05, 0.1) is 13.2 Å². The minimum Gasteiger partial charge on any atom is -0.347 e. The molecular weight excluding hydrogens is 370 g/mol. The van der Waals surface area contributed by atoms with Crippen molar-refractivity contribution in [3.8, 4) is 0 Å². The Balaban J connectivity index is 1.24. The van der Waals surface area contributed by atoms with Crippen LogP contribution >= 0.6 is 15.9 Å². The highest BCUT2D eigenvalue weighted by molar-refractivity contribution is 9.10. The van der Waals surface area contributed by atoms with Crippen molar-refractivity contribution >= 4 is 21.8 Å². The van der Waals surface area contributed by atoms with Crippen molar-refractivity contribution in [2.75, 3.05) is 26.3 Å². The quantitative estimate of drug-likeness (QED) is 0.669. The summed E-state index contributed by atoms with van der Waals surface area (Å²) in [5, 5.41) is 0. The zero-order chi connectivity index (χ0) is 16.4. The van der Waals surface area contributed by atoms with E-state index in [1.807, 2.05) is 0 Å². The molecule has 2 heterocycles. The van der Waals surface area contributed by atoms with Gasteiger partial charge in [-0.2, -0.15) is 0 Å². The Labute approximate surface area is 152 Å². The fraction of sp³-hybridized carbons (Fsp3) is 0.947. The molecule has 6 aliphatic rings. The van der Waals surface area contributed by atoms with Crippen LogP contribution in [0.15, 0.2) is 0 Å². The molecule has 2 unspecified atom stereocenters. The smallest absolute Gasteiger partial charge is 0.223 e. The van der Waals surface area contributed by atoms with E-state index in [9.17, 15) is 4.79 Å². The molecule has 4 bridgehead atoms. The molecule has 2 saturated heterocycles. The lowest BCUT2D eigenvalue weighted by Crippen LogP contribution is -2.55. The third-order valence-electron chi connectivity index (χ3n) is 7.33. The summed E-state index contributed by atoms with van der Waals surface area (Å²) in [7, 11) is 0. The second-order valence-electron chi connectivity index (χ2n) is 9.28. The average Bonchev–Trinajstić information content (AvgIpc) is 2.93. The highest BCUT2D eigenvalue weighted by atomic mass is 79.9. The first-order valence-corrected chi connectivity index (χ1v) is 10.5. The van der Waals surface area contributed by atoms with Crippen molar-refractivity contribution in [1.29, 1.82) is 0 Å². The predicted octanol–water partition coefficient (Wildman–Crippen LogP) is 3.48. The molecule has 0 aromatic carbocycles. The molecule has 2 aliphatic heterocycles. The highest BCUT2D eigenvalue weighted by Gasteiger charge is 2.57. The zero-order valence-electron chi connectivity index (χ0n) is 14.4. The van der Waals surface area contributed by atoms with Gasteiger partial charge in [0, 0.05) is 36.7 Å². The number of nitrogens with zero attached hydrogens (tertiary/aromatic N) is 1. The molecule has 0 N–H and O–H groups in total. The van der Waals surface area contributed by atoms with Crippen molar-refractivity contribution in [3.05, 3.63) is 0 Å². The van der Waals surface area contributed by atoms with Crippen LogP contribution in [0.2, 0.25) is 0 Å². The van der Waals surface area contributed by atoms with Gasteiger partial charge < -0.3 is 14.4 Å². The van der Waals surface area contributed by atoms with Gasteiger partial charge in [0.1, 0.15) is 0 Å². The fourth-order valence-corrected chi connectivity index (χ4v) is 8.37. The molecule has 0 aromatic rings. The zero-order valence-corrected chi connectivity index (χ0v) is 16.0. The number of ether oxygens (including phenoxy) is 2. The highest BCUT2D eigenvalue weighted by Crippen LogP contribution is 2.65. The number of likely N-dealkylation sites (tertiary alicyclic amines) is 1. The summed E-state index contributed by atoms with van der Waals surface area (Å²) in [5.74, 6) is 1.70. The monoisotopic (exact) mass is 397 g/mol. The van der Waals surface area contributed by atoms with Gasteiger partial charge in [0.25, 0.3) is 0 Å². The molecule has 0 aromatic heterocycles. The third kappa shape index (κ3) is 2.66. The van der Waals surface area contributed by atoms with E-state index in [4.69, 9.17) is 9.47 Å². The number of alkyl halides is 1. The van der Waals surface area contributed by atoms with Crippen LogP contribution in [0.4, 0.5) is 0 Å². The summed E-state index contributed by atoms with van der Waals surface area (Å²) < 4.78 is 11.9. The van der Waals surface area contributed by atoms with Gasteiger partial charge >= 0.3 is 0 Å². The molecule has 4 nitrogen and oxygen atoms in total. The number of amides is 1. The first-order chi connectivity index (χ1) is 11.5. The molecule has 6 fully saturated rings. The van der Waals surface area contributed by atoms with Crippen molar-refractivity contribution in [1.82, 2.24) is 4.90 Å². The summed E-state index contributed by atoms with van der Waals surface area (Å²) in [6.07, 6.45) is 10.3. The Morgan fingerprint density at radius 3 is 2.25 bits per heavy atom. The predicted molar refractivity (Wildman–Crippen MR) is 93.8 cm³/mol. The summed E-state index contributed by atoms with van der Waals surface area (Å²) in [4.78, 5) is 15.1. The van der Waals surface area contributed by atoms with Crippen LogP contribution in [-0.2, 0) is 14.3 Å². The second-order valence-corrected chi connectivity index (χ2v) is 11.0. The van der Waals surface area contributed by atoms with Crippen LogP contribution in [0, 0.1) is 17.3 Å². The van der Waals surface area contributed by atoms with Gasteiger partial charge in [-0.25, -0.2) is 0 Å². The summed E-state index contributed by atoms with van der Waals surface area (Å²) in [6, 6.07) is 0. The Morgan fingerprint density at radius 1 is 1.04 bits per heavy atom. The lowest BCUT2D eigenvalue weighted by molar-refractivity contribution is -0.188. The number of carbonyl (C=O) groups excluding carboxylic acids is 1. The molecule has 24 heavy (non-hydrogen) atoms. The molecule has 1 spiro atoms. The van der Waals surface area contributed by atoms with Crippen LogP contribution in [-0.4, -0.2) is 47.2 Å². The van der Waals surface area contributed by atoms with E-state index in [2.05, 4.69) is 20.8 Å². The lowest BCUT2D eigenvalue weighted by Gasteiger charge is -2.60. The third-order valence-corrected chi connectivity index (χ3v) is 8.26. The molecule has 4 saturated carbocycles.